The fourth-order valence-corrected chi connectivity index (χ4v) is 3.34. The molecule has 1 atom stereocenters. The van der Waals surface area contributed by atoms with E-state index in [1.807, 2.05) is 72.8 Å². The second kappa shape index (κ2) is 9.53. The van der Waals surface area contributed by atoms with Gasteiger partial charge in [0.25, 0.3) is 11.6 Å². The first-order chi connectivity index (χ1) is 15.6. The van der Waals surface area contributed by atoms with Crippen molar-refractivity contribution in [2.24, 2.45) is 0 Å². The molecule has 7 nitrogen and oxygen atoms in total. The fraction of sp³-hybridized carbons (Fsp3) is 0.0400. The number of aromatic nitrogens is 1. The van der Waals surface area contributed by atoms with Gasteiger partial charge in [0.1, 0.15) is 5.69 Å². The molecule has 2 N–H and O–H groups in total. The lowest BCUT2D eigenvalue weighted by atomic mass is 10.0. The summed E-state index contributed by atoms with van der Waals surface area (Å²) >= 11 is 0. The predicted molar refractivity (Wildman–Crippen MR) is 123 cm³/mol. The van der Waals surface area contributed by atoms with Crippen molar-refractivity contribution < 1.29 is 9.72 Å². The highest BCUT2D eigenvalue weighted by Gasteiger charge is 2.22. The van der Waals surface area contributed by atoms with E-state index in [0.717, 1.165) is 5.56 Å². The molecule has 3 aromatic carbocycles. The molecule has 4 rings (SSSR count). The normalized spacial score (nSPS) is 11.4. The quantitative estimate of drug-likeness (QED) is 0.312. The first-order valence-electron chi connectivity index (χ1n) is 9.99. The molecule has 1 amide bonds. The number of para-hydroxylation sites is 1. The maximum atomic E-state index is 13.1. The van der Waals surface area contributed by atoms with Gasteiger partial charge in [-0.3, -0.25) is 19.9 Å². The van der Waals surface area contributed by atoms with E-state index in [2.05, 4.69) is 15.6 Å². The van der Waals surface area contributed by atoms with Crippen molar-refractivity contribution in [1.82, 2.24) is 10.3 Å². The van der Waals surface area contributed by atoms with Crippen LogP contribution in [0.2, 0.25) is 0 Å². The van der Waals surface area contributed by atoms with Crippen LogP contribution in [-0.2, 0) is 0 Å². The van der Waals surface area contributed by atoms with E-state index in [1.165, 1.54) is 6.07 Å². The van der Waals surface area contributed by atoms with Crippen molar-refractivity contribution in [3.05, 3.63) is 130 Å². The summed E-state index contributed by atoms with van der Waals surface area (Å²) in [6, 6.07) is 27.9. The number of nitrogens with one attached hydrogen (secondary N) is 2. The first kappa shape index (κ1) is 20.7. The van der Waals surface area contributed by atoms with E-state index in [4.69, 9.17) is 0 Å². The molecule has 0 aliphatic rings. The van der Waals surface area contributed by atoms with Gasteiger partial charge in [0.05, 0.1) is 16.7 Å². The Morgan fingerprint density at radius 2 is 1.56 bits per heavy atom. The average Bonchev–Trinajstić information content (AvgIpc) is 2.84. The maximum absolute atomic E-state index is 13.1. The Bertz CT molecular complexity index is 1180. The van der Waals surface area contributed by atoms with Crippen LogP contribution in [0.3, 0.4) is 0 Å². The molecule has 0 saturated heterocycles. The number of amides is 1. The van der Waals surface area contributed by atoms with Gasteiger partial charge in [-0.2, -0.15) is 0 Å². The van der Waals surface area contributed by atoms with Crippen LogP contribution < -0.4 is 10.6 Å². The molecular formula is C25H20N4O3. The number of rotatable bonds is 7. The van der Waals surface area contributed by atoms with E-state index in [0.29, 0.717) is 17.1 Å². The number of hydrogen-bond donors (Lipinski definition) is 2. The molecule has 0 aliphatic carbocycles. The zero-order valence-electron chi connectivity index (χ0n) is 17.0. The topological polar surface area (TPSA) is 97.2 Å². The largest absolute Gasteiger partial charge is 0.350 e. The van der Waals surface area contributed by atoms with Crippen molar-refractivity contribution in [3.63, 3.8) is 0 Å². The van der Waals surface area contributed by atoms with Gasteiger partial charge in [0.15, 0.2) is 0 Å². The minimum absolute atomic E-state index is 0.185. The van der Waals surface area contributed by atoms with Crippen LogP contribution in [0.4, 0.5) is 17.1 Å². The zero-order chi connectivity index (χ0) is 22.3. The highest BCUT2D eigenvalue weighted by molar-refractivity contribution is 5.96. The molecule has 0 bridgehead atoms. The van der Waals surface area contributed by atoms with Gasteiger partial charge in [-0.1, -0.05) is 54.6 Å². The van der Waals surface area contributed by atoms with E-state index >= 15 is 0 Å². The molecule has 0 spiro atoms. The molecule has 1 aromatic heterocycles. The van der Waals surface area contributed by atoms with Crippen molar-refractivity contribution in [1.29, 1.82) is 0 Å². The molecular weight excluding hydrogens is 404 g/mol. The molecule has 32 heavy (non-hydrogen) atoms. The molecule has 158 valence electrons. The van der Waals surface area contributed by atoms with Gasteiger partial charge in [-0.15, -0.1) is 0 Å². The van der Waals surface area contributed by atoms with Crippen molar-refractivity contribution in [2.45, 2.75) is 6.04 Å². The van der Waals surface area contributed by atoms with Crippen LogP contribution in [-0.4, -0.2) is 15.8 Å². The van der Waals surface area contributed by atoms with E-state index in [-0.39, 0.29) is 11.3 Å². The van der Waals surface area contributed by atoms with Gasteiger partial charge in [0.2, 0.25) is 0 Å². The van der Waals surface area contributed by atoms with Gasteiger partial charge in [-0.05, 0) is 42.0 Å². The van der Waals surface area contributed by atoms with E-state index in [1.54, 1.807) is 24.4 Å². The Labute approximate surface area is 184 Å². The number of benzene rings is 3. The Morgan fingerprint density at radius 1 is 0.875 bits per heavy atom. The summed E-state index contributed by atoms with van der Waals surface area (Å²) in [4.78, 5) is 28.6. The third-order valence-corrected chi connectivity index (χ3v) is 4.90. The number of nitro benzene ring substituents is 1. The number of carbonyl (C=O) groups excluding carboxylic acids is 1. The average molecular weight is 424 g/mol. The Balaban J connectivity index is 1.63. The molecule has 4 aromatic rings. The third kappa shape index (κ3) is 4.79. The van der Waals surface area contributed by atoms with Gasteiger partial charge >= 0.3 is 0 Å². The number of hydrogen-bond acceptors (Lipinski definition) is 5. The van der Waals surface area contributed by atoms with Gasteiger partial charge in [0, 0.05) is 23.5 Å². The molecule has 7 heteroatoms. The Hall–Kier alpha value is -4.52. The summed E-state index contributed by atoms with van der Waals surface area (Å²) in [7, 11) is 0. The monoisotopic (exact) mass is 424 g/mol. The summed E-state index contributed by atoms with van der Waals surface area (Å²) in [5.41, 5.74) is 2.55. The van der Waals surface area contributed by atoms with Gasteiger partial charge in [-0.25, -0.2) is 0 Å². The van der Waals surface area contributed by atoms with E-state index in [9.17, 15) is 14.9 Å². The number of anilines is 2. The smallest absolute Gasteiger partial charge is 0.293 e. The lowest BCUT2D eigenvalue weighted by Crippen LogP contribution is -2.30. The van der Waals surface area contributed by atoms with Crippen molar-refractivity contribution >= 4 is 23.0 Å². The lowest BCUT2D eigenvalue weighted by Gasteiger charge is -2.19. The van der Waals surface area contributed by atoms with Gasteiger partial charge < -0.3 is 10.6 Å². The van der Waals surface area contributed by atoms with E-state index < -0.39 is 16.9 Å². The second-order valence-electron chi connectivity index (χ2n) is 7.05. The van der Waals surface area contributed by atoms with Crippen molar-refractivity contribution in [3.8, 4) is 0 Å². The predicted octanol–water partition coefficient (Wildman–Crippen LogP) is 5.25. The molecule has 0 aliphatic heterocycles. The molecule has 1 unspecified atom stereocenters. The fourth-order valence-electron chi connectivity index (χ4n) is 3.34. The number of nitrogens with zero attached hydrogens (tertiary/aromatic N) is 2. The van der Waals surface area contributed by atoms with Crippen molar-refractivity contribution in [2.75, 3.05) is 5.32 Å². The summed E-state index contributed by atoms with van der Waals surface area (Å²) < 4.78 is 0. The summed E-state index contributed by atoms with van der Waals surface area (Å²) in [6.07, 6.45) is 1.66. The van der Waals surface area contributed by atoms with Crippen LogP contribution in [0.15, 0.2) is 103 Å². The number of pyridine rings is 1. The van der Waals surface area contributed by atoms with Crippen LogP contribution >= 0.6 is 0 Å². The molecule has 0 fully saturated rings. The standard InChI is InChI=1S/C25H20N4O3/c30-25(28-24(18-9-3-1-4-10-18)22-13-7-8-16-26-22)19-14-15-21(23(17-19)29(31)32)27-20-11-5-2-6-12-20/h1-17,24,27H,(H,28,30). The second-order valence-corrected chi connectivity index (χ2v) is 7.05. The number of carbonyl (C=O) groups is 1. The number of nitro groups is 1. The zero-order valence-corrected chi connectivity index (χ0v) is 17.0. The highest BCUT2D eigenvalue weighted by Crippen LogP contribution is 2.29. The summed E-state index contributed by atoms with van der Waals surface area (Å²) in [5.74, 6) is -0.432. The lowest BCUT2D eigenvalue weighted by molar-refractivity contribution is -0.383. The minimum Gasteiger partial charge on any atom is -0.350 e. The minimum atomic E-state index is -0.504. The summed E-state index contributed by atoms with van der Waals surface area (Å²) in [6.45, 7) is 0. The maximum Gasteiger partial charge on any atom is 0.293 e. The first-order valence-corrected chi connectivity index (χ1v) is 9.99. The molecule has 0 saturated carbocycles. The Kier molecular flexibility index (Phi) is 6.17. The summed E-state index contributed by atoms with van der Waals surface area (Å²) in [5, 5.41) is 17.7. The van der Waals surface area contributed by atoms with Crippen LogP contribution in [0.25, 0.3) is 0 Å². The van der Waals surface area contributed by atoms with Crippen LogP contribution in [0, 0.1) is 10.1 Å². The highest BCUT2D eigenvalue weighted by atomic mass is 16.6. The Morgan fingerprint density at radius 3 is 2.22 bits per heavy atom. The van der Waals surface area contributed by atoms with Crippen LogP contribution in [0.1, 0.15) is 27.7 Å². The SMILES string of the molecule is O=C(NC(c1ccccc1)c1ccccn1)c1ccc(Nc2ccccc2)c([N+](=O)[O-])c1. The van der Waals surface area contributed by atoms with Crippen LogP contribution in [0.5, 0.6) is 0 Å². The molecule has 0 radical (unpaired) electrons. The molecule has 1 heterocycles. The third-order valence-electron chi connectivity index (χ3n) is 4.90.